The van der Waals surface area contributed by atoms with Gasteiger partial charge in [-0.15, -0.1) is 0 Å². The number of carbonyl (C=O) groups is 2. The van der Waals surface area contributed by atoms with Gasteiger partial charge in [0.05, 0.1) is 11.3 Å². The second kappa shape index (κ2) is 4.84. The summed E-state index contributed by atoms with van der Waals surface area (Å²) in [5, 5.41) is 16.9. The van der Waals surface area contributed by atoms with E-state index in [0.29, 0.717) is 12.1 Å². The van der Waals surface area contributed by atoms with Crippen LogP contribution in [0.2, 0.25) is 0 Å². The number of rotatable bonds is 3. The summed E-state index contributed by atoms with van der Waals surface area (Å²) >= 11 is 0. The lowest BCUT2D eigenvalue weighted by Crippen LogP contribution is -2.16. The predicted molar refractivity (Wildman–Crippen MR) is 59.9 cm³/mol. The summed E-state index contributed by atoms with van der Waals surface area (Å²) in [5.74, 6) is -4.77. The number of nitrogens with zero attached hydrogens (tertiary/aromatic N) is 1. The van der Waals surface area contributed by atoms with Crippen LogP contribution in [0, 0.1) is 11.6 Å². The van der Waals surface area contributed by atoms with Crippen LogP contribution in [0.3, 0.4) is 0 Å². The largest absolute Gasteiger partial charge is 0.478 e. The minimum atomic E-state index is -1.49. The number of halogens is 2. The summed E-state index contributed by atoms with van der Waals surface area (Å²) in [7, 11) is 0. The van der Waals surface area contributed by atoms with Gasteiger partial charge in [-0.05, 0) is 12.1 Å². The Hall–Kier alpha value is -2.77. The minimum Gasteiger partial charge on any atom is -0.478 e. The molecule has 0 aliphatic heterocycles. The van der Waals surface area contributed by atoms with Crippen molar-refractivity contribution < 1.29 is 23.5 Å². The summed E-state index contributed by atoms with van der Waals surface area (Å²) in [6.45, 7) is 0. The predicted octanol–water partition coefficient (Wildman–Crippen LogP) is 1.64. The van der Waals surface area contributed by atoms with Crippen molar-refractivity contribution in [3.05, 3.63) is 47.3 Å². The number of hydrogen-bond donors (Lipinski definition) is 3. The standard InChI is InChI=1S/C11H7F2N3O3/c12-6-3-5(11(18)19)9(4-7(6)13)15-10(17)8-1-2-14-16-8/h1-4H,(H,14,16)(H,15,17)(H,18,19). The molecule has 2 aromatic rings. The van der Waals surface area contributed by atoms with Gasteiger partial charge in [-0.1, -0.05) is 0 Å². The molecule has 0 bridgehead atoms. The molecule has 0 fully saturated rings. The van der Waals surface area contributed by atoms with Gasteiger partial charge in [0.15, 0.2) is 11.6 Å². The highest BCUT2D eigenvalue weighted by molar-refractivity contribution is 6.06. The van der Waals surface area contributed by atoms with Crippen LogP contribution < -0.4 is 5.32 Å². The van der Waals surface area contributed by atoms with E-state index in [1.54, 1.807) is 0 Å². The molecule has 1 heterocycles. The Morgan fingerprint density at radius 3 is 2.53 bits per heavy atom. The fourth-order valence-electron chi connectivity index (χ4n) is 1.40. The molecule has 6 nitrogen and oxygen atoms in total. The van der Waals surface area contributed by atoms with Gasteiger partial charge in [-0.3, -0.25) is 9.89 Å². The number of nitrogens with one attached hydrogen (secondary N) is 2. The molecule has 0 spiro atoms. The van der Waals surface area contributed by atoms with Gasteiger partial charge >= 0.3 is 5.97 Å². The summed E-state index contributed by atoms with van der Waals surface area (Å²) in [6, 6.07) is 2.45. The van der Waals surface area contributed by atoms with Crippen LogP contribution in [0.25, 0.3) is 0 Å². The van der Waals surface area contributed by atoms with Gasteiger partial charge in [0.2, 0.25) is 0 Å². The van der Waals surface area contributed by atoms with E-state index in [4.69, 9.17) is 5.11 Å². The molecule has 0 aliphatic rings. The molecule has 1 aromatic heterocycles. The van der Waals surface area contributed by atoms with Crippen LogP contribution in [0.1, 0.15) is 20.8 Å². The minimum absolute atomic E-state index is 0.0565. The smallest absolute Gasteiger partial charge is 0.337 e. The highest BCUT2D eigenvalue weighted by Crippen LogP contribution is 2.20. The van der Waals surface area contributed by atoms with Gasteiger partial charge in [0.25, 0.3) is 5.91 Å². The third kappa shape index (κ3) is 2.57. The topological polar surface area (TPSA) is 95.1 Å². The molecule has 0 unspecified atom stereocenters. The van der Waals surface area contributed by atoms with Crippen molar-refractivity contribution in [1.29, 1.82) is 0 Å². The van der Waals surface area contributed by atoms with Gasteiger partial charge in [-0.25, -0.2) is 13.6 Å². The van der Waals surface area contributed by atoms with Crippen LogP contribution in [0.4, 0.5) is 14.5 Å². The highest BCUT2D eigenvalue weighted by Gasteiger charge is 2.18. The zero-order chi connectivity index (χ0) is 14.0. The molecule has 0 saturated carbocycles. The van der Waals surface area contributed by atoms with Crippen molar-refractivity contribution in [3.8, 4) is 0 Å². The van der Waals surface area contributed by atoms with E-state index in [2.05, 4.69) is 15.5 Å². The Kier molecular flexibility index (Phi) is 3.23. The molecule has 1 aromatic carbocycles. The third-order valence-electron chi connectivity index (χ3n) is 2.28. The first-order valence-electron chi connectivity index (χ1n) is 5.02. The molecule has 0 atom stereocenters. The Morgan fingerprint density at radius 1 is 1.26 bits per heavy atom. The number of carboxylic acid groups (broad SMARTS) is 1. The second-order valence-electron chi connectivity index (χ2n) is 3.54. The quantitative estimate of drug-likeness (QED) is 0.787. The van der Waals surface area contributed by atoms with E-state index in [1.807, 2.05) is 0 Å². The lowest BCUT2D eigenvalue weighted by molar-refractivity contribution is 0.0697. The van der Waals surface area contributed by atoms with E-state index >= 15 is 0 Å². The number of aromatic carboxylic acids is 1. The molecule has 1 amide bonds. The van der Waals surface area contributed by atoms with E-state index in [9.17, 15) is 18.4 Å². The zero-order valence-electron chi connectivity index (χ0n) is 9.28. The van der Waals surface area contributed by atoms with Crippen LogP contribution in [-0.2, 0) is 0 Å². The maximum Gasteiger partial charge on any atom is 0.337 e. The Labute approximate surface area is 105 Å². The van der Waals surface area contributed by atoms with Crippen LogP contribution in [0.15, 0.2) is 24.4 Å². The molecule has 0 radical (unpaired) electrons. The SMILES string of the molecule is O=C(Nc1cc(F)c(F)cc1C(=O)O)c1ccn[nH]1. The fourth-order valence-corrected chi connectivity index (χ4v) is 1.40. The van der Waals surface area contributed by atoms with Gasteiger partial charge < -0.3 is 10.4 Å². The molecule has 8 heteroatoms. The average Bonchev–Trinajstić information content (AvgIpc) is 2.86. The van der Waals surface area contributed by atoms with Gasteiger partial charge in [0.1, 0.15) is 5.69 Å². The average molecular weight is 267 g/mol. The molecule has 3 N–H and O–H groups in total. The second-order valence-corrected chi connectivity index (χ2v) is 3.54. The number of aromatic amines is 1. The van der Waals surface area contributed by atoms with E-state index in [1.165, 1.54) is 12.3 Å². The van der Waals surface area contributed by atoms with E-state index in [0.717, 1.165) is 0 Å². The maximum absolute atomic E-state index is 13.1. The number of hydrogen-bond acceptors (Lipinski definition) is 3. The van der Waals surface area contributed by atoms with Crippen LogP contribution in [0.5, 0.6) is 0 Å². The number of anilines is 1. The number of H-pyrrole nitrogens is 1. The fraction of sp³-hybridized carbons (Fsp3) is 0. The summed E-state index contributed by atoms with van der Waals surface area (Å²) in [6.07, 6.45) is 1.32. The van der Waals surface area contributed by atoms with E-state index in [-0.39, 0.29) is 11.4 Å². The van der Waals surface area contributed by atoms with Crippen molar-refractivity contribution >= 4 is 17.6 Å². The Bertz CT molecular complexity index is 641. The van der Waals surface area contributed by atoms with Crippen molar-refractivity contribution in [2.24, 2.45) is 0 Å². The number of aromatic nitrogens is 2. The number of carboxylic acids is 1. The van der Waals surface area contributed by atoms with Crippen LogP contribution in [-0.4, -0.2) is 27.2 Å². The number of benzene rings is 1. The first kappa shape index (κ1) is 12.7. The normalized spacial score (nSPS) is 10.2. The van der Waals surface area contributed by atoms with Crippen molar-refractivity contribution in [2.75, 3.05) is 5.32 Å². The lowest BCUT2D eigenvalue weighted by Gasteiger charge is -2.08. The van der Waals surface area contributed by atoms with Crippen molar-refractivity contribution in [1.82, 2.24) is 10.2 Å². The molecule has 0 aliphatic carbocycles. The zero-order valence-corrected chi connectivity index (χ0v) is 9.28. The molecule has 0 saturated heterocycles. The summed E-state index contributed by atoms with van der Waals surface area (Å²) in [4.78, 5) is 22.5. The number of carbonyl (C=O) groups excluding carboxylic acids is 1. The lowest BCUT2D eigenvalue weighted by atomic mass is 10.1. The summed E-state index contributed by atoms with van der Waals surface area (Å²) < 4.78 is 26.0. The van der Waals surface area contributed by atoms with Crippen molar-refractivity contribution in [2.45, 2.75) is 0 Å². The maximum atomic E-state index is 13.1. The number of amides is 1. The van der Waals surface area contributed by atoms with Gasteiger partial charge in [0, 0.05) is 12.3 Å². The monoisotopic (exact) mass is 267 g/mol. The van der Waals surface area contributed by atoms with E-state index < -0.39 is 29.1 Å². The molecule has 98 valence electrons. The first-order valence-corrected chi connectivity index (χ1v) is 5.02. The third-order valence-corrected chi connectivity index (χ3v) is 2.28. The Morgan fingerprint density at radius 2 is 1.95 bits per heavy atom. The van der Waals surface area contributed by atoms with Gasteiger partial charge in [-0.2, -0.15) is 5.10 Å². The first-order chi connectivity index (χ1) is 8.99. The molecular weight excluding hydrogens is 260 g/mol. The molecule has 2 rings (SSSR count). The Balaban J connectivity index is 2.36. The van der Waals surface area contributed by atoms with Crippen LogP contribution >= 0.6 is 0 Å². The molecular formula is C11H7F2N3O3. The molecule has 19 heavy (non-hydrogen) atoms. The summed E-state index contributed by atoms with van der Waals surface area (Å²) in [5.41, 5.74) is -0.834. The highest BCUT2D eigenvalue weighted by atomic mass is 19.2. The van der Waals surface area contributed by atoms with Crippen molar-refractivity contribution in [3.63, 3.8) is 0 Å².